The zero-order chi connectivity index (χ0) is 15.6. The highest BCUT2D eigenvalue weighted by molar-refractivity contribution is 7.91. The molecule has 1 aromatic heterocycles. The average Bonchev–Trinajstić information content (AvgIpc) is 2.84. The number of halogens is 1. The number of carbonyl (C=O) groups excluding carboxylic acids is 1. The predicted octanol–water partition coefficient (Wildman–Crippen LogP) is 1.17. The van der Waals surface area contributed by atoms with Gasteiger partial charge in [0, 0.05) is 4.88 Å². The standard InChI is InChI=1S/C12H11FN2O4S2/c13-8-2-1-3-9(16)11(8)12(17)15-6-7-4-5-10(20-7)21(14,18)19/h1-5,16H,6H2,(H,15,17)(H2,14,18,19). The van der Waals surface area contributed by atoms with E-state index in [1.807, 2.05) is 0 Å². The molecule has 0 atom stereocenters. The highest BCUT2D eigenvalue weighted by Gasteiger charge is 2.17. The van der Waals surface area contributed by atoms with Crippen LogP contribution in [-0.4, -0.2) is 19.4 Å². The summed E-state index contributed by atoms with van der Waals surface area (Å²) in [6.45, 7) is -0.00715. The third-order valence-corrected chi connectivity index (χ3v) is 5.08. The largest absolute Gasteiger partial charge is 0.507 e. The molecular formula is C12H11FN2O4S2. The Hall–Kier alpha value is -1.97. The van der Waals surface area contributed by atoms with Crippen LogP contribution in [0.5, 0.6) is 5.75 Å². The third-order valence-electron chi connectivity index (χ3n) is 2.56. The van der Waals surface area contributed by atoms with Crippen LogP contribution in [0.25, 0.3) is 0 Å². The van der Waals surface area contributed by atoms with Crippen LogP contribution in [0.15, 0.2) is 34.5 Å². The Balaban J connectivity index is 2.10. The van der Waals surface area contributed by atoms with Crippen molar-refractivity contribution in [3.05, 3.63) is 46.6 Å². The number of nitrogens with one attached hydrogen (secondary N) is 1. The van der Waals surface area contributed by atoms with Crippen LogP contribution in [0, 0.1) is 5.82 Å². The molecule has 112 valence electrons. The molecule has 1 amide bonds. The van der Waals surface area contributed by atoms with Gasteiger partial charge in [0.1, 0.15) is 21.3 Å². The Labute approximate surface area is 124 Å². The van der Waals surface area contributed by atoms with E-state index < -0.39 is 33.1 Å². The Morgan fingerprint density at radius 2 is 2.05 bits per heavy atom. The number of aromatic hydroxyl groups is 1. The van der Waals surface area contributed by atoms with Crippen molar-refractivity contribution in [2.24, 2.45) is 5.14 Å². The first kappa shape index (κ1) is 15.4. The van der Waals surface area contributed by atoms with Crippen LogP contribution < -0.4 is 10.5 Å². The van der Waals surface area contributed by atoms with Gasteiger partial charge in [-0.05, 0) is 24.3 Å². The number of sulfonamides is 1. The fraction of sp³-hybridized carbons (Fsp3) is 0.0833. The summed E-state index contributed by atoms with van der Waals surface area (Å²) in [7, 11) is -3.78. The van der Waals surface area contributed by atoms with Gasteiger partial charge in [-0.15, -0.1) is 11.3 Å². The number of amides is 1. The molecule has 0 aliphatic carbocycles. The number of carbonyl (C=O) groups is 1. The van der Waals surface area contributed by atoms with Gasteiger partial charge in [-0.1, -0.05) is 6.07 Å². The van der Waals surface area contributed by atoms with Crippen LogP contribution in [0.1, 0.15) is 15.2 Å². The molecule has 9 heteroatoms. The second-order valence-corrected chi connectivity index (χ2v) is 7.04. The van der Waals surface area contributed by atoms with Crippen molar-refractivity contribution in [3.8, 4) is 5.75 Å². The van der Waals surface area contributed by atoms with Gasteiger partial charge in [-0.3, -0.25) is 4.79 Å². The minimum Gasteiger partial charge on any atom is -0.507 e. The summed E-state index contributed by atoms with van der Waals surface area (Å²) < 4.78 is 35.7. The molecule has 2 aromatic rings. The van der Waals surface area contributed by atoms with Crippen LogP contribution >= 0.6 is 11.3 Å². The monoisotopic (exact) mass is 330 g/mol. The molecule has 0 aliphatic rings. The number of phenolic OH excluding ortho intramolecular Hbond substituents is 1. The van der Waals surface area contributed by atoms with Crippen molar-refractivity contribution >= 4 is 27.3 Å². The number of primary sulfonamides is 1. The molecule has 0 bridgehead atoms. The van der Waals surface area contributed by atoms with Crippen molar-refractivity contribution in [2.75, 3.05) is 0 Å². The number of hydrogen-bond donors (Lipinski definition) is 3. The molecule has 4 N–H and O–H groups in total. The van der Waals surface area contributed by atoms with Gasteiger partial charge in [0.25, 0.3) is 5.91 Å². The summed E-state index contributed by atoms with van der Waals surface area (Å²) >= 11 is 0.901. The summed E-state index contributed by atoms with van der Waals surface area (Å²) in [6, 6.07) is 6.34. The van der Waals surface area contributed by atoms with Crippen LogP contribution in [0.3, 0.4) is 0 Å². The van der Waals surface area contributed by atoms with Gasteiger partial charge < -0.3 is 10.4 Å². The molecular weight excluding hydrogens is 319 g/mol. The van der Waals surface area contributed by atoms with E-state index in [0.717, 1.165) is 17.4 Å². The van der Waals surface area contributed by atoms with E-state index in [1.54, 1.807) is 0 Å². The number of hydrogen-bond acceptors (Lipinski definition) is 5. The molecule has 0 unspecified atom stereocenters. The highest BCUT2D eigenvalue weighted by Crippen LogP contribution is 2.22. The predicted molar refractivity (Wildman–Crippen MR) is 74.9 cm³/mol. The van der Waals surface area contributed by atoms with Crippen LogP contribution in [-0.2, 0) is 16.6 Å². The van der Waals surface area contributed by atoms with Crippen molar-refractivity contribution in [1.82, 2.24) is 5.32 Å². The summed E-state index contributed by atoms with van der Waals surface area (Å²) in [4.78, 5) is 12.3. The molecule has 2 rings (SSSR count). The minimum atomic E-state index is -3.78. The van der Waals surface area contributed by atoms with Gasteiger partial charge >= 0.3 is 0 Å². The van der Waals surface area contributed by atoms with E-state index in [9.17, 15) is 22.7 Å². The van der Waals surface area contributed by atoms with Crippen molar-refractivity contribution < 1.29 is 22.7 Å². The maximum Gasteiger partial charge on any atom is 0.258 e. The molecule has 0 radical (unpaired) electrons. The Kier molecular flexibility index (Phi) is 4.26. The smallest absolute Gasteiger partial charge is 0.258 e. The Bertz CT molecular complexity index is 766. The number of thiophene rings is 1. The molecule has 0 fully saturated rings. The molecule has 6 nitrogen and oxygen atoms in total. The highest BCUT2D eigenvalue weighted by atomic mass is 32.2. The first-order valence-corrected chi connectivity index (χ1v) is 8.02. The van der Waals surface area contributed by atoms with E-state index in [2.05, 4.69) is 5.32 Å². The summed E-state index contributed by atoms with van der Waals surface area (Å²) in [5, 5.41) is 16.8. The zero-order valence-corrected chi connectivity index (χ0v) is 12.2. The first-order valence-electron chi connectivity index (χ1n) is 5.66. The first-order chi connectivity index (χ1) is 9.79. The lowest BCUT2D eigenvalue weighted by atomic mass is 10.1. The van der Waals surface area contributed by atoms with E-state index in [-0.39, 0.29) is 10.8 Å². The van der Waals surface area contributed by atoms with Crippen LogP contribution in [0.2, 0.25) is 0 Å². The van der Waals surface area contributed by atoms with Gasteiger partial charge in [0.2, 0.25) is 10.0 Å². The molecule has 1 aromatic carbocycles. The van der Waals surface area contributed by atoms with Gasteiger partial charge in [-0.2, -0.15) is 0 Å². The van der Waals surface area contributed by atoms with Crippen molar-refractivity contribution in [2.45, 2.75) is 10.8 Å². The SMILES string of the molecule is NS(=O)(=O)c1ccc(CNC(=O)c2c(O)cccc2F)s1. The maximum atomic E-state index is 13.5. The topological polar surface area (TPSA) is 109 Å². The van der Waals surface area contributed by atoms with E-state index in [4.69, 9.17) is 5.14 Å². The van der Waals surface area contributed by atoms with Crippen LogP contribution in [0.4, 0.5) is 4.39 Å². The second kappa shape index (κ2) is 5.80. The quantitative estimate of drug-likeness (QED) is 0.781. The lowest BCUT2D eigenvalue weighted by Gasteiger charge is -2.06. The second-order valence-electron chi connectivity index (χ2n) is 4.08. The third kappa shape index (κ3) is 3.57. The molecule has 0 spiro atoms. The molecule has 21 heavy (non-hydrogen) atoms. The molecule has 0 aliphatic heterocycles. The number of benzene rings is 1. The van der Waals surface area contributed by atoms with E-state index in [1.165, 1.54) is 24.3 Å². The lowest BCUT2D eigenvalue weighted by Crippen LogP contribution is -2.23. The van der Waals surface area contributed by atoms with E-state index in [0.29, 0.717) is 4.88 Å². The maximum absolute atomic E-state index is 13.5. The summed E-state index contributed by atoms with van der Waals surface area (Å²) in [5.41, 5.74) is -0.458. The average molecular weight is 330 g/mol. The molecule has 0 saturated carbocycles. The fourth-order valence-corrected chi connectivity index (χ4v) is 3.32. The van der Waals surface area contributed by atoms with Gasteiger partial charge in [0.15, 0.2) is 0 Å². The summed E-state index contributed by atoms with van der Waals surface area (Å²) in [5.74, 6) is -2.11. The van der Waals surface area contributed by atoms with Gasteiger partial charge in [0.05, 0.1) is 6.54 Å². The molecule has 0 saturated heterocycles. The number of phenols is 1. The Morgan fingerprint density at radius 3 is 2.62 bits per heavy atom. The summed E-state index contributed by atoms with van der Waals surface area (Å²) in [6.07, 6.45) is 0. The number of nitrogens with two attached hydrogens (primary N) is 1. The normalized spacial score (nSPS) is 11.3. The fourth-order valence-electron chi connectivity index (χ4n) is 1.60. The van der Waals surface area contributed by atoms with Crippen molar-refractivity contribution in [1.29, 1.82) is 0 Å². The van der Waals surface area contributed by atoms with Crippen molar-refractivity contribution in [3.63, 3.8) is 0 Å². The van der Waals surface area contributed by atoms with Gasteiger partial charge in [-0.25, -0.2) is 17.9 Å². The Morgan fingerprint density at radius 1 is 1.33 bits per heavy atom. The number of rotatable bonds is 4. The molecule has 1 heterocycles. The lowest BCUT2D eigenvalue weighted by molar-refractivity contribution is 0.0944. The zero-order valence-electron chi connectivity index (χ0n) is 10.5. The van der Waals surface area contributed by atoms with E-state index >= 15 is 0 Å². The minimum absolute atomic E-state index is 0.00715.